The van der Waals surface area contributed by atoms with Gasteiger partial charge in [0.05, 0.1) is 11.4 Å². The Morgan fingerprint density at radius 3 is 2.00 bits per heavy atom. The van der Waals surface area contributed by atoms with E-state index >= 15 is 0 Å². The summed E-state index contributed by atoms with van der Waals surface area (Å²) in [6.07, 6.45) is 0.610. The minimum atomic E-state index is -3.23. The van der Waals surface area contributed by atoms with E-state index in [0.29, 0.717) is 35.6 Å². The maximum absolute atomic E-state index is 12.3. The first-order chi connectivity index (χ1) is 12.3. The van der Waals surface area contributed by atoms with Crippen LogP contribution in [-0.4, -0.2) is 32.5 Å². The van der Waals surface area contributed by atoms with Crippen molar-refractivity contribution < 1.29 is 18.0 Å². The van der Waals surface area contributed by atoms with Gasteiger partial charge in [-0.1, -0.05) is 0 Å². The molecule has 0 aliphatic carbocycles. The van der Waals surface area contributed by atoms with Gasteiger partial charge in [-0.3, -0.25) is 13.9 Å². The summed E-state index contributed by atoms with van der Waals surface area (Å²) in [6.45, 7) is 1.89. The zero-order valence-corrected chi connectivity index (χ0v) is 15.0. The molecule has 2 aromatic rings. The van der Waals surface area contributed by atoms with Crippen molar-refractivity contribution in [2.24, 2.45) is 0 Å². The zero-order valence-electron chi connectivity index (χ0n) is 14.2. The summed E-state index contributed by atoms with van der Waals surface area (Å²) in [4.78, 5) is 23.3. The van der Waals surface area contributed by atoms with Crippen LogP contribution in [-0.2, 0) is 14.8 Å². The van der Waals surface area contributed by atoms with Crippen molar-refractivity contribution in [2.45, 2.75) is 13.3 Å². The number of carbonyl (C=O) groups is 2. The van der Waals surface area contributed by atoms with Crippen molar-refractivity contribution in [3.05, 3.63) is 54.1 Å². The molecule has 1 saturated heterocycles. The maximum atomic E-state index is 12.3. The molecule has 2 amide bonds. The third-order valence-corrected chi connectivity index (χ3v) is 5.85. The minimum absolute atomic E-state index is 0.156. The molecule has 26 heavy (non-hydrogen) atoms. The van der Waals surface area contributed by atoms with E-state index < -0.39 is 10.0 Å². The van der Waals surface area contributed by atoms with Crippen LogP contribution in [0.1, 0.15) is 23.7 Å². The number of nitrogens with one attached hydrogen (secondary N) is 2. The fourth-order valence-electron chi connectivity index (χ4n) is 2.75. The molecule has 2 N–H and O–H groups in total. The van der Waals surface area contributed by atoms with Crippen molar-refractivity contribution in [1.29, 1.82) is 0 Å². The number of sulfonamides is 1. The van der Waals surface area contributed by atoms with E-state index in [1.165, 1.54) is 11.2 Å². The molecule has 2 aromatic carbocycles. The summed E-state index contributed by atoms with van der Waals surface area (Å²) < 4.78 is 25.2. The Labute approximate surface area is 152 Å². The summed E-state index contributed by atoms with van der Waals surface area (Å²) in [6, 6.07) is 13.2. The molecule has 1 heterocycles. The zero-order chi connectivity index (χ0) is 18.7. The summed E-state index contributed by atoms with van der Waals surface area (Å²) in [7, 11) is -3.23. The van der Waals surface area contributed by atoms with Crippen LogP contribution >= 0.6 is 0 Å². The van der Waals surface area contributed by atoms with E-state index in [-0.39, 0.29) is 17.6 Å². The van der Waals surface area contributed by atoms with Gasteiger partial charge >= 0.3 is 0 Å². The maximum Gasteiger partial charge on any atom is 0.255 e. The van der Waals surface area contributed by atoms with Gasteiger partial charge in [-0.05, 0) is 55.0 Å². The first-order valence-electron chi connectivity index (χ1n) is 8.15. The number of hydrogen-bond acceptors (Lipinski definition) is 4. The Hall–Kier alpha value is -2.87. The third kappa shape index (κ3) is 4.02. The molecule has 1 aliphatic heterocycles. The van der Waals surface area contributed by atoms with Gasteiger partial charge < -0.3 is 10.6 Å². The molecule has 0 spiro atoms. The second-order valence-corrected chi connectivity index (χ2v) is 8.01. The molecular formula is C18H19N3O4S. The van der Waals surface area contributed by atoms with Crippen molar-refractivity contribution in [2.75, 3.05) is 27.2 Å². The Balaban J connectivity index is 1.67. The fourth-order valence-corrected chi connectivity index (χ4v) is 4.32. The smallest absolute Gasteiger partial charge is 0.255 e. The van der Waals surface area contributed by atoms with Crippen LogP contribution in [0.25, 0.3) is 0 Å². The largest absolute Gasteiger partial charge is 0.326 e. The fraction of sp³-hybridized carbons (Fsp3) is 0.222. The van der Waals surface area contributed by atoms with Crippen molar-refractivity contribution in [3.63, 3.8) is 0 Å². The Morgan fingerprint density at radius 2 is 1.50 bits per heavy atom. The van der Waals surface area contributed by atoms with Gasteiger partial charge in [-0.25, -0.2) is 8.42 Å². The number of rotatable bonds is 4. The highest BCUT2D eigenvalue weighted by atomic mass is 32.2. The predicted octanol–water partition coefficient (Wildman–Crippen LogP) is 2.44. The van der Waals surface area contributed by atoms with Gasteiger partial charge in [0.1, 0.15) is 0 Å². The lowest BCUT2D eigenvalue weighted by Gasteiger charge is -2.17. The van der Waals surface area contributed by atoms with E-state index in [4.69, 9.17) is 0 Å². The van der Waals surface area contributed by atoms with Gasteiger partial charge in [-0.15, -0.1) is 0 Å². The lowest BCUT2D eigenvalue weighted by atomic mass is 10.2. The average molecular weight is 373 g/mol. The molecule has 0 unspecified atom stereocenters. The number of carbonyl (C=O) groups excluding carboxylic acids is 2. The first kappa shape index (κ1) is 17.9. The normalized spacial score (nSPS) is 15.5. The quantitative estimate of drug-likeness (QED) is 0.860. The molecular weight excluding hydrogens is 354 g/mol. The molecule has 7 nitrogen and oxygen atoms in total. The summed E-state index contributed by atoms with van der Waals surface area (Å²) in [5, 5.41) is 5.41. The van der Waals surface area contributed by atoms with Crippen molar-refractivity contribution >= 4 is 38.9 Å². The molecule has 0 bridgehead atoms. The number of nitrogens with zero attached hydrogens (tertiary/aromatic N) is 1. The molecule has 1 aliphatic rings. The SMILES string of the molecule is CC(=O)Nc1ccc(NC(=O)c2ccc(N3CCCS3(=O)=O)cc2)cc1. The summed E-state index contributed by atoms with van der Waals surface area (Å²) in [5.74, 6) is -0.306. The molecule has 1 fully saturated rings. The summed E-state index contributed by atoms with van der Waals surface area (Å²) >= 11 is 0. The highest BCUT2D eigenvalue weighted by molar-refractivity contribution is 7.93. The van der Waals surface area contributed by atoms with E-state index in [0.717, 1.165) is 0 Å². The Bertz CT molecular complexity index is 922. The first-order valence-corrected chi connectivity index (χ1v) is 9.75. The van der Waals surface area contributed by atoms with Gasteiger partial charge in [0.25, 0.3) is 5.91 Å². The predicted molar refractivity (Wildman–Crippen MR) is 101 cm³/mol. The van der Waals surface area contributed by atoms with Crippen LogP contribution in [0.15, 0.2) is 48.5 Å². The van der Waals surface area contributed by atoms with E-state index in [1.54, 1.807) is 48.5 Å². The highest BCUT2D eigenvalue weighted by Gasteiger charge is 2.28. The molecule has 0 aromatic heterocycles. The Kier molecular flexibility index (Phi) is 4.94. The second kappa shape index (κ2) is 7.17. The van der Waals surface area contributed by atoms with E-state index in [9.17, 15) is 18.0 Å². The van der Waals surface area contributed by atoms with Crippen LogP contribution < -0.4 is 14.9 Å². The van der Waals surface area contributed by atoms with Gasteiger partial charge in [-0.2, -0.15) is 0 Å². The van der Waals surface area contributed by atoms with Gasteiger partial charge in [0, 0.05) is 30.4 Å². The summed E-state index contributed by atoms with van der Waals surface area (Å²) in [5.41, 5.74) is 2.23. The number of anilines is 3. The van der Waals surface area contributed by atoms with Crippen LogP contribution in [0.5, 0.6) is 0 Å². The number of hydrogen-bond donors (Lipinski definition) is 2. The van der Waals surface area contributed by atoms with E-state index in [2.05, 4.69) is 10.6 Å². The van der Waals surface area contributed by atoms with Crippen LogP contribution in [0, 0.1) is 0 Å². The van der Waals surface area contributed by atoms with Crippen molar-refractivity contribution in [1.82, 2.24) is 0 Å². The Morgan fingerprint density at radius 1 is 0.923 bits per heavy atom. The molecule has 136 valence electrons. The number of benzene rings is 2. The van der Waals surface area contributed by atoms with Crippen LogP contribution in [0.2, 0.25) is 0 Å². The third-order valence-electron chi connectivity index (χ3n) is 3.98. The van der Waals surface area contributed by atoms with Crippen LogP contribution in [0.4, 0.5) is 17.1 Å². The molecule has 8 heteroatoms. The number of amides is 2. The minimum Gasteiger partial charge on any atom is -0.326 e. The lowest BCUT2D eigenvalue weighted by molar-refractivity contribution is -0.114. The topological polar surface area (TPSA) is 95.6 Å². The monoisotopic (exact) mass is 373 g/mol. The highest BCUT2D eigenvalue weighted by Crippen LogP contribution is 2.24. The van der Waals surface area contributed by atoms with E-state index in [1.807, 2.05) is 0 Å². The standard InChI is InChI=1S/C18H19N3O4S/c1-13(22)19-15-5-7-16(8-6-15)20-18(23)14-3-9-17(10-4-14)21-11-2-12-26(21,24)25/h3-10H,2,11-12H2,1H3,(H,19,22)(H,20,23). The van der Waals surface area contributed by atoms with Crippen molar-refractivity contribution in [3.8, 4) is 0 Å². The second-order valence-electron chi connectivity index (χ2n) is 6.00. The molecule has 3 rings (SSSR count). The van der Waals surface area contributed by atoms with Gasteiger partial charge in [0.2, 0.25) is 15.9 Å². The van der Waals surface area contributed by atoms with Crippen LogP contribution in [0.3, 0.4) is 0 Å². The molecule has 0 atom stereocenters. The average Bonchev–Trinajstić information content (AvgIpc) is 2.95. The molecule has 0 saturated carbocycles. The van der Waals surface area contributed by atoms with Gasteiger partial charge in [0.15, 0.2) is 0 Å². The lowest BCUT2D eigenvalue weighted by Crippen LogP contribution is -2.25. The molecule has 0 radical (unpaired) electrons.